The van der Waals surface area contributed by atoms with Crippen molar-refractivity contribution in [2.75, 3.05) is 0 Å². The molecule has 1 fully saturated rings. The van der Waals surface area contributed by atoms with Crippen LogP contribution in [-0.4, -0.2) is 6.04 Å². The Morgan fingerprint density at radius 1 is 1.28 bits per heavy atom. The van der Waals surface area contributed by atoms with Crippen molar-refractivity contribution >= 4 is 27.5 Å². The molecule has 0 amide bonds. The van der Waals surface area contributed by atoms with Crippen LogP contribution in [0.2, 0.25) is 5.02 Å². The molecule has 1 saturated carbocycles. The molecule has 1 aromatic carbocycles. The summed E-state index contributed by atoms with van der Waals surface area (Å²) in [6.07, 6.45) is 5.53. The Bertz CT molecular complexity index is 401. The molecule has 0 radical (unpaired) electrons. The van der Waals surface area contributed by atoms with Crippen molar-refractivity contribution in [3.05, 3.63) is 33.3 Å². The maximum Gasteiger partial charge on any atom is 0.0464 e. The van der Waals surface area contributed by atoms with E-state index >= 15 is 0 Å². The Morgan fingerprint density at radius 2 is 1.94 bits per heavy atom. The zero-order valence-corrected chi connectivity index (χ0v) is 13.4. The summed E-state index contributed by atoms with van der Waals surface area (Å²) in [6.45, 7) is 4.50. The van der Waals surface area contributed by atoms with Gasteiger partial charge in [-0.25, -0.2) is 0 Å². The molecule has 0 aliphatic heterocycles. The van der Waals surface area contributed by atoms with Gasteiger partial charge in [-0.2, -0.15) is 0 Å². The van der Waals surface area contributed by atoms with Gasteiger partial charge in [0.15, 0.2) is 0 Å². The van der Waals surface area contributed by atoms with Crippen LogP contribution < -0.4 is 5.32 Å². The molecule has 0 heterocycles. The third-order valence-corrected chi connectivity index (χ3v) is 4.87. The van der Waals surface area contributed by atoms with Gasteiger partial charge in [-0.15, -0.1) is 0 Å². The first-order valence-electron chi connectivity index (χ1n) is 6.79. The number of benzene rings is 1. The first kappa shape index (κ1) is 14.4. The van der Waals surface area contributed by atoms with Crippen molar-refractivity contribution in [1.82, 2.24) is 5.32 Å². The molecular weight excluding hydrogens is 310 g/mol. The van der Waals surface area contributed by atoms with Crippen molar-refractivity contribution < 1.29 is 0 Å². The van der Waals surface area contributed by atoms with Gasteiger partial charge in [0.25, 0.3) is 0 Å². The summed E-state index contributed by atoms with van der Waals surface area (Å²) in [5, 5.41) is 4.53. The largest absolute Gasteiger partial charge is 0.307 e. The summed E-state index contributed by atoms with van der Waals surface area (Å²) in [5.74, 6) is 0.835. The van der Waals surface area contributed by atoms with Crippen molar-refractivity contribution in [3.63, 3.8) is 0 Å². The summed E-state index contributed by atoms with van der Waals surface area (Å²) < 4.78 is 1.03. The minimum Gasteiger partial charge on any atom is -0.307 e. The molecule has 1 aromatic rings. The van der Waals surface area contributed by atoms with Crippen molar-refractivity contribution in [2.45, 2.75) is 51.6 Å². The fourth-order valence-electron chi connectivity index (χ4n) is 2.93. The molecule has 0 bridgehead atoms. The highest BCUT2D eigenvalue weighted by Gasteiger charge is 2.23. The van der Waals surface area contributed by atoms with E-state index in [0.29, 0.717) is 12.1 Å². The molecule has 1 aliphatic rings. The minimum atomic E-state index is 0.307. The lowest BCUT2D eigenvalue weighted by Gasteiger charge is -2.25. The number of hydrogen-bond donors (Lipinski definition) is 1. The molecule has 0 saturated heterocycles. The van der Waals surface area contributed by atoms with Gasteiger partial charge in [-0.05, 0) is 50.3 Å². The molecule has 1 aliphatic carbocycles. The Labute approximate surface area is 123 Å². The Kier molecular flexibility index (Phi) is 5.11. The minimum absolute atomic E-state index is 0.307. The van der Waals surface area contributed by atoms with Crippen LogP contribution in [0.1, 0.15) is 51.1 Å². The molecule has 3 heteroatoms. The first-order valence-corrected chi connectivity index (χ1v) is 7.96. The predicted octanol–water partition coefficient (Wildman–Crippen LogP) is 5.33. The monoisotopic (exact) mass is 329 g/mol. The average Bonchev–Trinajstić information content (AvgIpc) is 2.81. The standard InChI is InChI=1S/C15H21BrClN/c1-10(12-5-3-4-6-12)18-11(2)14-8-7-13(16)9-15(14)17/h7-12,18H,3-6H2,1-2H3/t10-,11?/m1/s1. The van der Waals surface area contributed by atoms with E-state index in [9.17, 15) is 0 Å². The van der Waals surface area contributed by atoms with E-state index in [4.69, 9.17) is 11.6 Å². The third-order valence-electron chi connectivity index (χ3n) is 4.05. The maximum atomic E-state index is 6.30. The zero-order valence-electron chi connectivity index (χ0n) is 11.0. The van der Waals surface area contributed by atoms with Crippen LogP contribution in [0.25, 0.3) is 0 Å². The molecule has 2 rings (SSSR count). The first-order chi connectivity index (χ1) is 8.58. The summed E-state index contributed by atoms with van der Waals surface area (Å²) >= 11 is 9.74. The van der Waals surface area contributed by atoms with Gasteiger partial charge in [-0.3, -0.25) is 0 Å². The van der Waals surface area contributed by atoms with Crippen LogP contribution in [0.4, 0.5) is 0 Å². The molecule has 1 nitrogen and oxygen atoms in total. The molecular formula is C15H21BrClN. The molecule has 2 atom stereocenters. The highest BCUT2D eigenvalue weighted by atomic mass is 79.9. The van der Waals surface area contributed by atoms with E-state index in [0.717, 1.165) is 15.4 Å². The highest BCUT2D eigenvalue weighted by Crippen LogP contribution is 2.30. The van der Waals surface area contributed by atoms with E-state index in [1.54, 1.807) is 0 Å². The number of rotatable bonds is 4. The molecule has 0 aromatic heterocycles. The van der Waals surface area contributed by atoms with Crippen LogP contribution >= 0.6 is 27.5 Å². The molecule has 18 heavy (non-hydrogen) atoms. The Hall–Kier alpha value is -0.0500. The van der Waals surface area contributed by atoms with Crippen LogP contribution in [-0.2, 0) is 0 Å². The predicted molar refractivity (Wildman–Crippen MR) is 82.1 cm³/mol. The molecule has 0 spiro atoms. The molecule has 1 unspecified atom stereocenters. The van der Waals surface area contributed by atoms with Gasteiger partial charge in [-0.1, -0.05) is 46.4 Å². The normalized spacial score (nSPS) is 20.0. The van der Waals surface area contributed by atoms with Gasteiger partial charge < -0.3 is 5.32 Å². The van der Waals surface area contributed by atoms with Crippen LogP contribution in [0, 0.1) is 5.92 Å². The van der Waals surface area contributed by atoms with Crippen molar-refractivity contribution in [2.24, 2.45) is 5.92 Å². The lowest BCUT2D eigenvalue weighted by molar-refractivity contribution is 0.352. The van der Waals surface area contributed by atoms with Crippen molar-refractivity contribution in [3.8, 4) is 0 Å². The lowest BCUT2D eigenvalue weighted by Crippen LogP contribution is -2.34. The van der Waals surface area contributed by atoms with Crippen LogP contribution in [0.15, 0.2) is 22.7 Å². The Balaban J connectivity index is 2.00. The topological polar surface area (TPSA) is 12.0 Å². The third kappa shape index (κ3) is 3.49. The SMILES string of the molecule is CC(N[C@H](C)C1CCCC1)c1ccc(Br)cc1Cl. The second kappa shape index (κ2) is 6.40. The van der Waals surface area contributed by atoms with E-state index in [2.05, 4.69) is 47.2 Å². The van der Waals surface area contributed by atoms with Crippen LogP contribution in [0.5, 0.6) is 0 Å². The molecule has 1 N–H and O–H groups in total. The second-order valence-electron chi connectivity index (χ2n) is 5.39. The fourth-order valence-corrected chi connectivity index (χ4v) is 3.77. The van der Waals surface area contributed by atoms with Gasteiger partial charge in [0.2, 0.25) is 0 Å². The van der Waals surface area contributed by atoms with Crippen molar-refractivity contribution in [1.29, 1.82) is 0 Å². The summed E-state index contributed by atoms with van der Waals surface area (Å²) in [7, 11) is 0. The van der Waals surface area contributed by atoms with Gasteiger partial charge in [0, 0.05) is 21.6 Å². The Morgan fingerprint density at radius 3 is 2.56 bits per heavy atom. The van der Waals surface area contributed by atoms with E-state index < -0.39 is 0 Å². The number of halogens is 2. The summed E-state index contributed by atoms with van der Waals surface area (Å²) in [4.78, 5) is 0. The highest BCUT2D eigenvalue weighted by molar-refractivity contribution is 9.10. The summed E-state index contributed by atoms with van der Waals surface area (Å²) in [5.41, 5.74) is 1.18. The number of hydrogen-bond acceptors (Lipinski definition) is 1. The smallest absolute Gasteiger partial charge is 0.0464 e. The van der Waals surface area contributed by atoms with E-state index in [1.807, 2.05) is 6.07 Å². The van der Waals surface area contributed by atoms with Gasteiger partial charge in [0.1, 0.15) is 0 Å². The van der Waals surface area contributed by atoms with Gasteiger partial charge >= 0.3 is 0 Å². The summed E-state index contributed by atoms with van der Waals surface area (Å²) in [6, 6.07) is 7.00. The van der Waals surface area contributed by atoms with E-state index in [1.165, 1.54) is 31.2 Å². The number of nitrogens with one attached hydrogen (secondary N) is 1. The fraction of sp³-hybridized carbons (Fsp3) is 0.600. The second-order valence-corrected chi connectivity index (χ2v) is 6.71. The van der Waals surface area contributed by atoms with Gasteiger partial charge in [0.05, 0.1) is 0 Å². The quantitative estimate of drug-likeness (QED) is 0.786. The maximum absolute atomic E-state index is 6.30. The van der Waals surface area contributed by atoms with Crippen LogP contribution in [0.3, 0.4) is 0 Å². The zero-order chi connectivity index (χ0) is 13.1. The molecule has 100 valence electrons. The average molecular weight is 331 g/mol. The van der Waals surface area contributed by atoms with E-state index in [-0.39, 0.29) is 0 Å². The lowest BCUT2D eigenvalue weighted by atomic mass is 9.98.